The van der Waals surface area contributed by atoms with Gasteiger partial charge in [0.05, 0.1) is 27.3 Å². The van der Waals surface area contributed by atoms with E-state index in [1.54, 1.807) is 30.5 Å². The van der Waals surface area contributed by atoms with Crippen LogP contribution in [-0.2, 0) is 9.84 Å². The molecule has 0 saturated heterocycles. The van der Waals surface area contributed by atoms with E-state index in [1.807, 2.05) is 30.3 Å². The van der Waals surface area contributed by atoms with Crippen molar-refractivity contribution in [3.8, 4) is 22.8 Å². The van der Waals surface area contributed by atoms with Gasteiger partial charge in [0, 0.05) is 11.8 Å². The fourth-order valence-electron chi connectivity index (χ4n) is 2.76. The molecular formula is C21H15ClN2O3S. The molecular weight excluding hydrogens is 396 g/mol. The van der Waals surface area contributed by atoms with Crippen molar-refractivity contribution in [2.75, 3.05) is 6.26 Å². The highest BCUT2D eigenvalue weighted by atomic mass is 35.5. The van der Waals surface area contributed by atoms with E-state index in [0.717, 1.165) is 17.3 Å². The lowest BCUT2D eigenvalue weighted by Gasteiger charge is -2.09. The number of sulfone groups is 1. The van der Waals surface area contributed by atoms with E-state index in [9.17, 15) is 8.42 Å². The first-order valence-electron chi connectivity index (χ1n) is 8.40. The Balaban J connectivity index is 1.68. The van der Waals surface area contributed by atoms with Gasteiger partial charge in [-0.15, -0.1) is 0 Å². The van der Waals surface area contributed by atoms with Gasteiger partial charge in [0.1, 0.15) is 17.0 Å². The second-order valence-electron chi connectivity index (χ2n) is 6.24. The van der Waals surface area contributed by atoms with Gasteiger partial charge >= 0.3 is 0 Å². The molecule has 1 aromatic heterocycles. The number of fused-ring (bicyclic) bond motifs is 1. The molecule has 5 nitrogen and oxygen atoms in total. The Labute approximate surface area is 167 Å². The van der Waals surface area contributed by atoms with Crippen LogP contribution in [0.15, 0.2) is 77.8 Å². The molecule has 0 aliphatic carbocycles. The van der Waals surface area contributed by atoms with Gasteiger partial charge in [0.2, 0.25) is 0 Å². The third-order valence-electron chi connectivity index (χ3n) is 4.12. The average molecular weight is 411 g/mol. The number of aromatic nitrogens is 2. The number of benzene rings is 3. The standard InChI is InChI=1S/C21H15ClN2O3S/c1-28(25,26)17-8-3-7-16(12-17)27-15-6-2-5-14(11-15)20-13-23-19-10-4-9-18(22)21(19)24-20/h2-13H,1H3. The van der Waals surface area contributed by atoms with Crippen molar-refractivity contribution < 1.29 is 13.2 Å². The number of ether oxygens (including phenoxy) is 1. The molecule has 0 spiro atoms. The maximum Gasteiger partial charge on any atom is 0.175 e. The van der Waals surface area contributed by atoms with Crippen LogP contribution in [0.3, 0.4) is 0 Å². The Morgan fingerprint density at radius 2 is 1.64 bits per heavy atom. The summed E-state index contributed by atoms with van der Waals surface area (Å²) in [7, 11) is -3.30. The molecule has 140 valence electrons. The van der Waals surface area contributed by atoms with E-state index in [2.05, 4.69) is 9.97 Å². The predicted octanol–water partition coefficient (Wildman–Crippen LogP) is 5.15. The third kappa shape index (κ3) is 3.83. The van der Waals surface area contributed by atoms with Crippen LogP contribution < -0.4 is 4.74 Å². The van der Waals surface area contributed by atoms with Crippen LogP contribution in [0.5, 0.6) is 11.5 Å². The lowest BCUT2D eigenvalue weighted by atomic mass is 10.1. The van der Waals surface area contributed by atoms with Gasteiger partial charge in [-0.3, -0.25) is 4.98 Å². The number of rotatable bonds is 4. The number of hydrogen-bond acceptors (Lipinski definition) is 5. The Kier molecular flexibility index (Phi) is 4.75. The molecule has 0 N–H and O–H groups in total. The highest BCUT2D eigenvalue weighted by Crippen LogP contribution is 2.29. The Hall–Kier alpha value is -2.96. The molecule has 0 bridgehead atoms. The second kappa shape index (κ2) is 7.22. The molecule has 0 amide bonds. The van der Waals surface area contributed by atoms with Crippen LogP contribution in [0.25, 0.3) is 22.3 Å². The molecule has 28 heavy (non-hydrogen) atoms. The first-order chi connectivity index (χ1) is 13.4. The molecule has 0 atom stereocenters. The molecule has 0 aliphatic heterocycles. The van der Waals surface area contributed by atoms with Crippen LogP contribution in [0.4, 0.5) is 0 Å². The molecule has 0 fully saturated rings. The minimum atomic E-state index is -3.30. The van der Waals surface area contributed by atoms with Crippen molar-refractivity contribution in [2.24, 2.45) is 0 Å². The van der Waals surface area contributed by atoms with Gasteiger partial charge in [0.15, 0.2) is 9.84 Å². The Morgan fingerprint density at radius 1 is 0.929 bits per heavy atom. The molecule has 4 rings (SSSR count). The predicted molar refractivity (Wildman–Crippen MR) is 110 cm³/mol. The van der Waals surface area contributed by atoms with E-state index >= 15 is 0 Å². The number of halogens is 1. The highest BCUT2D eigenvalue weighted by molar-refractivity contribution is 7.90. The van der Waals surface area contributed by atoms with Crippen molar-refractivity contribution in [2.45, 2.75) is 4.90 Å². The van der Waals surface area contributed by atoms with Crippen LogP contribution >= 0.6 is 11.6 Å². The Morgan fingerprint density at radius 3 is 2.43 bits per heavy atom. The van der Waals surface area contributed by atoms with Gasteiger partial charge < -0.3 is 4.74 Å². The van der Waals surface area contributed by atoms with Crippen molar-refractivity contribution in [3.05, 3.63) is 77.9 Å². The number of nitrogens with zero attached hydrogens (tertiary/aromatic N) is 2. The van der Waals surface area contributed by atoms with Crippen LogP contribution in [0.2, 0.25) is 5.02 Å². The zero-order valence-electron chi connectivity index (χ0n) is 14.8. The van der Waals surface area contributed by atoms with E-state index in [0.29, 0.717) is 27.7 Å². The van der Waals surface area contributed by atoms with Crippen molar-refractivity contribution in [1.82, 2.24) is 9.97 Å². The van der Waals surface area contributed by atoms with Crippen LogP contribution in [0, 0.1) is 0 Å². The summed E-state index contributed by atoms with van der Waals surface area (Å²) in [4.78, 5) is 9.23. The molecule has 0 unspecified atom stereocenters. The summed E-state index contributed by atoms with van der Waals surface area (Å²) < 4.78 is 29.3. The molecule has 1 heterocycles. The van der Waals surface area contributed by atoms with Crippen molar-refractivity contribution in [3.63, 3.8) is 0 Å². The van der Waals surface area contributed by atoms with Gasteiger partial charge in [-0.2, -0.15) is 0 Å². The molecule has 7 heteroatoms. The lowest BCUT2D eigenvalue weighted by Crippen LogP contribution is -1.97. The molecule has 4 aromatic rings. The average Bonchev–Trinajstić information content (AvgIpc) is 2.68. The Bertz CT molecular complexity index is 1290. The molecule has 3 aromatic carbocycles. The summed E-state index contributed by atoms with van der Waals surface area (Å²) in [5.74, 6) is 0.997. The van der Waals surface area contributed by atoms with E-state index in [1.165, 1.54) is 12.1 Å². The fourth-order valence-corrected chi connectivity index (χ4v) is 3.63. The zero-order valence-corrected chi connectivity index (χ0v) is 16.4. The largest absolute Gasteiger partial charge is 0.457 e. The van der Waals surface area contributed by atoms with Crippen molar-refractivity contribution in [1.29, 1.82) is 0 Å². The van der Waals surface area contributed by atoms with Gasteiger partial charge in [-0.05, 0) is 42.5 Å². The van der Waals surface area contributed by atoms with E-state index < -0.39 is 9.84 Å². The summed E-state index contributed by atoms with van der Waals surface area (Å²) in [5.41, 5.74) is 2.83. The fraction of sp³-hybridized carbons (Fsp3) is 0.0476. The van der Waals surface area contributed by atoms with E-state index in [4.69, 9.17) is 16.3 Å². The SMILES string of the molecule is CS(=O)(=O)c1cccc(Oc2cccc(-c3cnc4cccc(Cl)c4n3)c2)c1. The zero-order chi connectivity index (χ0) is 19.7. The summed E-state index contributed by atoms with van der Waals surface area (Å²) in [6.07, 6.45) is 2.85. The third-order valence-corrected chi connectivity index (χ3v) is 5.54. The van der Waals surface area contributed by atoms with E-state index in [-0.39, 0.29) is 4.90 Å². The molecule has 0 saturated carbocycles. The number of para-hydroxylation sites is 1. The van der Waals surface area contributed by atoms with Gasteiger partial charge in [-0.25, -0.2) is 13.4 Å². The van der Waals surface area contributed by atoms with Crippen LogP contribution in [-0.4, -0.2) is 24.6 Å². The second-order valence-corrected chi connectivity index (χ2v) is 8.66. The smallest absolute Gasteiger partial charge is 0.175 e. The van der Waals surface area contributed by atoms with Gasteiger partial charge in [0.25, 0.3) is 0 Å². The first kappa shape index (κ1) is 18.4. The minimum absolute atomic E-state index is 0.205. The van der Waals surface area contributed by atoms with Crippen molar-refractivity contribution >= 4 is 32.5 Å². The maximum absolute atomic E-state index is 11.7. The summed E-state index contributed by atoms with van der Waals surface area (Å²) in [6, 6.07) is 19.2. The highest BCUT2D eigenvalue weighted by Gasteiger charge is 2.10. The maximum atomic E-state index is 11.7. The summed E-state index contributed by atoms with van der Waals surface area (Å²) >= 11 is 6.23. The van der Waals surface area contributed by atoms with Crippen LogP contribution in [0.1, 0.15) is 0 Å². The summed E-state index contributed by atoms with van der Waals surface area (Å²) in [5, 5.41) is 0.539. The topological polar surface area (TPSA) is 69.2 Å². The monoisotopic (exact) mass is 410 g/mol. The lowest BCUT2D eigenvalue weighted by molar-refractivity contribution is 0.481. The minimum Gasteiger partial charge on any atom is -0.457 e. The first-order valence-corrected chi connectivity index (χ1v) is 10.7. The normalized spacial score (nSPS) is 11.5. The van der Waals surface area contributed by atoms with Gasteiger partial charge in [-0.1, -0.05) is 35.9 Å². The molecule has 0 radical (unpaired) electrons. The quantitative estimate of drug-likeness (QED) is 0.465. The molecule has 0 aliphatic rings. The summed E-state index contributed by atoms with van der Waals surface area (Å²) in [6.45, 7) is 0. The number of hydrogen-bond donors (Lipinski definition) is 0.